The number of nitrogens with two attached hydrogens (primary N) is 3. The predicted molar refractivity (Wildman–Crippen MR) is 214 cm³/mol. The summed E-state index contributed by atoms with van der Waals surface area (Å²) >= 11 is 0. The Morgan fingerprint density at radius 1 is 0.525 bits per heavy atom. The highest BCUT2D eigenvalue weighted by Crippen LogP contribution is 2.25. The maximum Gasteiger partial charge on any atom is 0.447 e. The van der Waals surface area contributed by atoms with E-state index in [1.165, 1.54) is 72.8 Å². The van der Waals surface area contributed by atoms with Gasteiger partial charge in [-0.1, -0.05) is 15.4 Å². The van der Waals surface area contributed by atoms with Gasteiger partial charge in [-0.15, -0.1) is 0 Å². The molecule has 0 spiro atoms. The molecule has 0 aliphatic carbocycles. The highest BCUT2D eigenvalue weighted by Gasteiger charge is 2.37. The van der Waals surface area contributed by atoms with Gasteiger partial charge in [-0.3, -0.25) is 4.55 Å². The fourth-order valence-corrected chi connectivity index (χ4v) is 9.51. The first-order valence-corrected chi connectivity index (χ1v) is 22.4. The van der Waals surface area contributed by atoms with Crippen LogP contribution in [0, 0.1) is 0 Å². The molecule has 6 aromatic rings. The lowest BCUT2D eigenvalue weighted by Crippen LogP contribution is -2.17. The fourth-order valence-electron chi connectivity index (χ4n) is 7.18. The van der Waals surface area contributed by atoms with E-state index in [9.17, 15) is 38.6 Å². The second-order valence-corrected chi connectivity index (χ2v) is 19.3. The third-order valence-electron chi connectivity index (χ3n) is 9.92. The number of nitrogens with zero attached hydrogens (tertiary/aromatic N) is 2. The van der Waals surface area contributed by atoms with Gasteiger partial charge in [0.25, 0.3) is 10.1 Å². The Morgan fingerprint density at radius 3 is 1.37 bits per heavy atom. The minimum absolute atomic E-state index is 0.235. The van der Waals surface area contributed by atoms with E-state index in [4.69, 9.17) is 27.0 Å². The second kappa shape index (κ2) is 13.3. The van der Waals surface area contributed by atoms with Gasteiger partial charge in [0.2, 0.25) is 4.90 Å². The lowest BCUT2D eigenvalue weighted by Gasteiger charge is -2.02. The van der Waals surface area contributed by atoms with Crippen LogP contribution in [0.15, 0.2) is 92.4 Å². The van der Waals surface area contributed by atoms with Crippen molar-refractivity contribution < 1.29 is 51.4 Å². The zero-order chi connectivity index (χ0) is 41.8. The normalized spacial score (nSPS) is 15.7. The molecule has 23 heteroatoms. The SMILES string of the molecule is NOS(=O)(=O)c1ccc2c(c1)C1=[N+]=C2C=c2[nH]c(c3ccc([S+]([O])(=O)ON)cc23)=CC2=[N+]=C(C=c3[nH]c(c4ccc(S(=O)(=O)O)cc34)=C1)c1ccc(S(=O)(=O)ON)cc12. The quantitative estimate of drug-likeness (QED) is 0.0423. The van der Waals surface area contributed by atoms with Crippen molar-refractivity contribution in [2.45, 2.75) is 19.6 Å². The van der Waals surface area contributed by atoms with Crippen LogP contribution < -0.4 is 48.4 Å². The number of benzene rings is 4. The van der Waals surface area contributed by atoms with Gasteiger partial charge in [-0.05, 0) is 63.1 Å². The number of aromatic nitrogens is 2. The summed E-state index contributed by atoms with van der Waals surface area (Å²) in [4.78, 5) is 5.29. The summed E-state index contributed by atoms with van der Waals surface area (Å²) in [6.07, 6.45) is 6.40. The number of fused-ring (bicyclic) bond motifs is 16. The molecule has 0 amide bonds. The van der Waals surface area contributed by atoms with Gasteiger partial charge < -0.3 is 9.97 Å². The summed E-state index contributed by atoms with van der Waals surface area (Å²) in [7, 11) is -17.8. The largest absolute Gasteiger partial charge is 0.447 e. The molecule has 0 fully saturated rings. The van der Waals surface area contributed by atoms with E-state index in [2.05, 4.69) is 22.8 Å². The Morgan fingerprint density at radius 2 is 0.932 bits per heavy atom. The van der Waals surface area contributed by atoms with Crippen LogP contribution in [0.3, 0.4) is 0 Å². The van der Waals surface area contributed by atoms with E-state index in [1.54, 1.807) is 24.3 Å². The minimum atomic E-state index is -4.67. The molecule has 19 nitrogen and oxygen atoms in total. The van der Waals surface area contributed by atoms with Crippen molar-refractivity contribution >= 4 is 110 Å². The molecule has 297 valence electrons. The van der Waals surface area contributed by atoms with Crippen molar-refractivity contribution in [2.75, 3.05) is 0 Å². The van der Waals surface area contributed by atoms with Crippen molar-refractivity contribution in [1.29, 1.82) is 0 Å². The van der Waals surface area contributed by atoms with E-state index in [1.807, 2.05) is 0 Å². The standard InChI is InChI=1S/C36H23N7O12S4/c37-53-57(47,48)18-2-6-22-26(10-18)35-15-32-24-8-4-20(59(51,52)55-39)12-28(24)36(43-32)16-31-23-7-3-19(58(49,50)54-38)11-27(23)34(42-31)14-29-21-5-1-17(56(44,45)46)9-25(21)33(40-29)13-30(22)41-35/h1-16H,37-39H2,(H,44,45,46)/q+1/p+2. The number of H-pyrrole nitrogens is 2. The Bertz CT molecular complexity index is 3730. The lowest BCUT2D eigenvalue weighted by molar-refractivity contribution is 0.261. The van der Waals surface area contributed by atoms with Gasteiger partial charge in [0, 0.05) is 33.7 Å². The van der Waals surface area contributed by atoms with Crippen molar-refractivity contribution in [2.24, 2.45) is 17.7 Å². The third-order valence-corrected chi connectivity index (χ3v) is 14.0. The first-order valence-electron chi connectivity index (χ1n) is 16.7. The topological polar surface area (TPSA) is 325 Å². The molecular formula is C36H25N7O12S4+3. The molecule has 9 N–H and O–H groups in total. The molecule has 3 aliphatic rings. The number of hydrogen-bond donors (Lipinski definition) is 6. The van der Waals surface area contributed by atoms with Crippen LogP contribution in [0.5, 0.6) is 0 Å². The fraction of sp³-hybridized carbons (Fsp3) is 0. The predicted octanol–water partition coefficient (Wildman–Crippen LogP) is -2.38. The van der Waals surface area contributed by atoms with Crippen molar-refractivity contribution in [3.8, 4) is 0 Å². The Hall–Kier alpha value is -5.98. The van der Waals surface area contributed by atoms with Gasteiger partial charge >= 0.3 is 53.6 Å². The van der Waals surface area contributed by atoms with E-state index < -0.39 is 45.7 Å². The minimum Gasteiger partial charge on any atom is -0.354 e. The Labute approximate surface area is 332 Å². The van der Waals surface area contributed by atoms with Crippen LogP contribution in [0.1, 0.15) is 22.3 Å². The highest BCUT2D eigenvalue weighted by atomic mass is 32.3. The molecule has 8 bridgehead atoms. The summed E-state index contributed by atoms with van der Waals surface area (Å²) in [5.41, 5.74) is 2.58. The van der Waals surface area contributed by atoms with Crippen LogP contribution in [-0.4, -0.2) is 62.6 Å². The van der Waals surface area contributed by atoms with Gasteiger partial charge in [0.15, 0.2) is 0 Å². The number of aromatic amines is 2. The maximum absolute atomic E-state index is 12.7. The van der Waals surface area contributed by atoms with Crippen LogP contribution in [-0.2, 0) is 62.5 Å². The average Bonchev–Trinajstić information content (AvgIpc) is 3.95. The van der Waals surface area contributed by atoms with E-state index in [0.29, 0.717) is 70.9 Å². The monoisotopic (exact) mass is 875 g/mol. The lowest BCUT2D eigenvalue weighted by atomic mass is 10.0. The van der Waals surface area contributed by atoms with Gasteiger partial charge in [-0.25, -0.2) is 0 Å². The van der Waals surface area contributed by atoms with Crippen molar-refractivity contribution in [3.05, 3.63) is 116 Å². The average molecular weight is 876 g/mol. The van der Waals surface area contributed by atoms with Crippen LogP contribution in [0.2, 0.25) is 0 Å². The van der Waals surface area contributed by atoms with E-state index in [-0.39, 0.29) is 31.8 Å². The Kier molecular flexibility index (Phi) is 8.67. The van der Waals surface area contributed by atoms with Crippen LogP contribution in [0.25, 0.3) is 45.8 Å². The molecular weight excluding hydrogens is 851 g/mol. The highest BCUT2D eigenvalue weighted by molar-refractivity contribution is 7.93. The molecule has 1 radical (unpaired) electrons. The molecule has 59 heavy (non-hydrogen) atoms. The van der Waals surface area contributed by atoms with Crippen LogP contribution in [0.4, 0.5) is 0 Å². The summed E-state index contributed by atoms with van der Waals surface area (Å²) < 4.78 is 134. The first-order chi connectivity index (χ1) is 27.9. The summed E-state index contributed by atoms with van der Waals surface area (Å²) in [5, 5.41) is 2.99. The molecule has 5 heterocycles. The molecule has 3 aliphatic heterocycles. The number of nitrogens with one attached hydrogen (secondary N) is 2. The van der Waals surface area contributed by atoms with Crippen molar-refractivity contribution in [1.82, 2.24) is 19.3 Å². The number of rotatable bonds is 7. The molecule has 0 saturated carbocycles. The van der Waals surface area contributed by atoms with Crippen LogP contribution >= 0.6 is 0 Å². The molecule has 0 saturated heterocycles. The molecule has 2 aromatic heterocycles. The van der Waals surface area contributed by atoms with Crippen molar-refractivity contribution in [3.63, 3.8) is 0 Å². The summed E-state index contributed by atoms with van der Waals surface area (Å²) in [6, 6.07) is 16.2. The second-order valence-electron chi connectivity index (χ2n) is 13.2. The van der Waals surface area contributed by atoms with Gasteiger partial charge in [-0.2, -0.15) is 51.5 Å². The summed E-state index contributed by atoms with van der Waals surface area (Å²) in [6.45, 7) is 0. The Balaban J connectivity index is 1.45. The van der Waals surface area contributed by atoms with Gasteiger partial charge in [0.1, 0.15) is 0 Å². The maximum atomic E-state index is 12.7. The molecule has 1 atom stereocenters. The zero-order valence-corrected chi connectivity index (χ0v) is 32.7. The zero-order valence-electron chi connectivity index (χ0n) is 29.4. The van der Waals surface area contributed by atoms with Gasteiger partial charge in [0.05, 0.1) is 87.2 Å². The molecule has 9 rings (SSSR count). The number of hydrogen-bond acceptors (Lipinski definition) is 13. The van der Waals surface area contributed by atoms with E-state index >= 15 is 0 Å². The third kappa shape index (κ3) is 6.36. The van der Waals surface area contributed by atoms with E-state index in [0.717, 1.165) is 0 Å². The molecule has 4 aromatic carbocycles. The molecule has 1 unspecified atom stereocenters. The first kappa shape index (κ1) is 38.5. The smallest absolute Gasteiger partial charge is 0.354 e. The summed E-state index contributed by atoms with van der Waals surface area (Å²) in [5.74, 6) is 15.3.